The van der Waals surface area contributed by atoms with E-state index in [4.69, 9.17) is 14.2 Å². The van der Waals surface area contributed by atoms with Gasteiger partial charge < -0.3 is 19.5 Å². The Kier molecular flexibility index (Phi) is 5.88. The molecule has 118 valence electrons. The van der Waals surface area contributed by atoms with Crippen molar-refractivity contribution in [2.45, 2.75) is 38.8 Å². The highest BCUT2D eigenvalue weighted by atomic mass is 16.5. The molecule has 3 atom stereocenters. The van der Waals surface area contributed by atoms with Crippen LogP contribution >= 0.6 is 0 Å². The number of hydrogen-bond acceptors (Lipinski definition) is 4. The van der Waals surface area contributed by atoms with Crippen LogP contribution in [0.3, 0.4) is 0 Å². The van der Waals surface area contributed by atoms with E-state index in [1.165, 1.54) is 5.56 Å². The summed E-state index contributed by atoms with van der Waals surface area (Å²) in [6.07, 6.45) is 2.49. The highest BCUT2D eigenvalue weighted by Crippen LogP contribution is 2.30. The van der Waals surface area contributed by atoms with Crippen molar-refractivity contribution in [2.75, 3.05) is 27.4 Å². The molecule has 1 aromatic carbocycles. The number of nitrogens with one attached hydrogen (secondary N) is 1. The Balaban J connectivity index is 2.09. The van der Waals surface area contributed by atoms with E-state index >= 15 is 0 Å². The summed E-state index contributed by atoms with van der Waals surface area (Å²) in [5.41, 5.74) is 1.26. The van der Waals surface area contributed by atoms with Gasteiger partial charge in [-0.2, -0.15) is 0 Å². The molecule has 1 N–H and O–H groups in total. The van der Waals surface area contributed by atoms with E-state index in [1.54, 1.807) is 14.2 Å². The van der Waals surface area contributed by atoms with E-state index in [0.29, 0.717) is 18.1 Å². The van der Waals surface area contributed by atoms with Gasteiger partial charge in [-0.3, -0.25) is 0 Å². The zero-order valence-electron chi connectivity index (χ0n) is 13.5. The van der Waals surface area contributed by atoms with Crippen molar-refractivity contribution in [3.05, 3.63) is 23.8 Å². The number of ether oxygens (including phenoxy) is 3. The zero-order chi connectivity index (χ0) is 15.2. The first-order chi connectivity index (χ1) is 10.2. The van der Waals surface area contributed by atoms with Crippen LogP contribution < -0.4 is 14.8 Å². The van der Waals surface area contributed by atoms with Crippen LogP contribution in [0.15, 0.2) is 18.2 Å². The summed E-state index contributed by atoms with van der Waals surface area (Å²) in [6, 6.07) is 6.61. The van der Waals surface area contributed by atoms with E-state index in [1.807, 2.05) is 6.07 Å². The molecule has 0 aromatic heterocycles. The van der Waals surface area contributed by atoms with Crippen LogP contribution in [-0.2, 0) is 11.2 Å². The van der Waals surface area contributed by atoms with Gasteiger partial charge in [0.1, 0.15) is 0 Å². The van der Waals surface area contributed by atoms with Gasteiger partial charge in [-0.25, -0.2) is 0 Å². The van der Waals surface area contributed by atoms with E-state index in [9.17, 15) is 0 Å². The van der Waals surface area contributed by atoms with E-state index in [0.717, 1.165) is 37.5 Å². The van der Waals surface area contributed by atoms with Gasteiger partial charge in [0, 0.05) is 12.0 Å². The SMILES string of the molecule is CCNC(Cc1ccc(OC)c(OC)c1)C1COC(C)C1. The van der Waals surface area contributed by atoms with Crippen LogP contribution in [-0.4, -0.2) is 39.5 Å². The average molecular weight is 293 g/mol. The molecule has 1 aromatic rings. The topological polar surface area (TPSA) is 39.7 Å². The summed E-state index contributed by atoms with van der Waals surface area (Å²) in [6.45, 7) is 6.13. The molecule has 0 spiro atoms. The van der Waals surface area contributed by atoms with Gasteiger partial charge >= 0.3 is 0 Å². The second-order valence-corrected chi connectivity index (χ2v) is 5.70. The molecule has 0 saturated carbocycles. The first-order valence-corrected chi connectivity index (χ1v) is 7.73. The number of benzene rings is 1. The van der Waals surface area contributed by atoms with Crippen molar-refractivity contribution in [3.8, 4) is 11.5 Å². The smallest absolute Gasteiger partial charge is 0.160 e. The van der Waals surface area contributed by atoms with Gasteiger partial charge in [-0.1, -0.05) is 13.0 Å². The van der Waals surface area contributed by atoms with Crippen molar-refractivity contribution in [1.29, 1.82) is 0 Å². The normalized spacial score (nSPS) is 23.0. The Hall–Kier alpha value is -1.26. The summed E-state index contributed by atoms with van der Waals surface area (Å²) in [5, 5.41) is 3.61. The molecular formula is C17H27NO3. The van der Waals surface area contributed by atoms with Crippen LogP contribution in [0.5, 0.6) is 11.5 Å². The van der Waals surface area contributed by atoms with Crippen molar-refractivity contribution in [3.63, 3.8) is 0 Å². The lowest BCUT2D eigenvalue weighted by Gasteiger charge is -2.24. The molecule has 0 amide bonds. The molecule has 4 nitrogen and oxygen atoms in total. The fourth-order valence-electron chi connectivity index (χ4n) is 3.06. The molecular weight excluding hydrogens is 266 g/mol. The number of hydrogen-bond donors (Lipinski definition) is 1. The van der Waals surface area contributed by atoms with E-state index < -0.39 is 0 Å². The van der Waals surface area contributed by atoms with Crippen LogP contribution in [0.4, 0.5) is 0 Å². The highest BCUT2D eigenvalue weighted by molar-refractivity contribution is 5.43. The quantitative estimate of drug-likeness (QED) is 0.839. The van der Waals surface area contributed by atoms with E-state index in [2.05, 4.69) is 31.3 Å². The van der Waals surface area contributed by atoms with Gasteiger partial charge in [0.15, 0.2) is 11.5 Å². The predicted octanol–water partition coefficient (Wildman–Crippen LogP) is 2.65. The number of rotatable bonds is 7. The van der Waals surface area contributed by atoms with Gasteiger partial charge in [0.25, 0.3) is 0 Å². The van der Waals surface area contributed by atoms with Crippen molar-refractivity contribution >= 4 is 0 Å². The lowest BCUT2D eigenvalue weighted by atomic mass is 9.91. The minimum atomic E-state index is 0.376. The standard InChI is InChI=1S/C17H27NO3/c1-5-18-15(14-8-12(2)21-11-14)9-13-6-7-16(19-3)17(10-13)20-4/h6-7,10,12,14-15,18H,5,8-9,11H2,1-4H3. The molecule has 1 aliphatic rings. The molecule has 1 fully saturated rings. The molecule has 1 saturated heterocycles. The molecule has 4 heteroatoms. The summed E-state index contributed by atoms with van der Waals surface area (Å²) in [7, 11) is 3.34. The molecule has 1 heterocycles. The monoisotopic (exact) mass is 293 g/mol. The fourth-order valence-corrected chi connectivity index (χ4v) is 3.06. The first-order valence-electron chi connectivity index (χ1n) is 7.73. The Bertz CT molecular complexity index is 450. The third-order valence-electron chi connectivity index (χ3n) is 4.17. The summed E-state index contributed by atoms with van der Waals surface area (Å²) in [5.74, 6) is 2.15. The number of likely N-dealkylation sites (N-methyl/N-ethyl adjacent to an activating group) is 1. The summed E-state index contributed by atoms with van der Waals surface area (Å²) in [4.78, 5) is 0. The Morgan fingerprint density at radius 2 is 2.05 bits per heavy atom. The summed E-state index contributed by atoms with van der Waals surface area (Å²) >= 11 is 0. The van der Waals surface area contributed by atoms with Gasteiger partial charge in [0.05, 0.1) is 26.9 Å². The maximum Gasteiger partial charge on any atom is 0.160 e. The molecule has 0 radical (unpaired) electrons. The van der Waals surface area contributed by atoms with Crippen LogP contribution in [0.25, 0.3) is 0 Å². The molecule has 0 bridgehead atoms. The van der Waals surface area contributed by atoms with Crippen molar-refractivity contribution in [1.82, 2.24) is 5.32 Å². The van der Waals surface area contributed by atoms with Crippen molar-refractivity contribution < 1.29 is 14.2 Å². The van der Waals surface area contributed by atoms with Crippen molar-refractivity contribution in [2.24, 2.45) is 5.92 Å². The minimum Gasteiger partial charge on any atom is -0.493 e. The number of methoxy groups -OCH3 is 2. The molecule has 3 unspecified atom stereocenters. The van der Waals surface area contributed by atoms with Crippen LogP contribution in [0, 0.1) is 5.92 Å². The zero-order valence-corrected chi connectivity index (χ0v) is 13.5. The average Bonchev–Trinajstić information content (AvgIpc) is 2.93. The maximum atomic E-state index is 5.73. The second-order valence-electron chi connectivity index (χ2n) is 5.70. The Morgan fingerprint density at radius 1 is 1.29 bits per heavy atom. The third kappa shape index (κ3) is 4.11. The highest BCUT2D eigenvalue weighted by Gasteiger charge is 2.29. The Morgan fingerprint density at radius 3 is 2.62 bits per heavy atom. The molecule has 21 heavy (non-hydrogen) atoms. The first kappa shape index (κ1) is 16.1. The van der Waals surface area contributed by atoms with E-state index in [-0.39, 0.29) is 0 Å². The van der Waals surface area contributed by atoms with Gasteiger partial charge in [-0.15, -0.1) is 0 Å². The third-order valence-corrected chi connectivity index (χ3v) is 4.17. The molecule has 0 aliphatic carbocycles. The second kappa shape index (κ2) is 7.66. The fraction of sp³-hybridized carbons (Fsp3) is 0.647. The van der Waals surface area contributed by atoms with Crippen LogP contribution in [0.1, 0.15) is 25.8 Å². The largest absolute Gasteiger partial charge is 0.493 e. The minimum absolute atomic E-state index is 0.376. The van der Waals surface area contributed by atoms with Crippen LogP contribution in [0.2, 0.25) is 0 Å². The van der Waals surface area contributed by atoms with Gasteiger partial charge in [0.2, 0.25) is 0 Å². The summed E-state index contributed by atoms with van der Waals surface area (Å²) < 4.78 is 16.4. The molecule has 1 aliphatic heterocycles. The Labute approximate surface area is 127 Å². The maximum absolute atomic E-state index is 5.73. The molecule has 2 rings (SSSR count). The predicted molar refractivity (Wildman–Crippen MR) is 84.2 cm³/mol. The lowest BCUT2D eigenvalue weighted by Crippen LogP contribution is -2.38. The van der Waals surface area contributed by atoms with Gasteiger partial charge in [-0.05, 0) is 44.0 Å². The lowest BCUT2D eigenvalue weighted by molar-refractivity contribution is 0.117.